The Kier molecular flexibility index (Phi) is 4.14. The van der Waals surface area contributed by atoms with E-state index in [1.165, 1.54) is 12.8 Å². The predicted molar refractivity (Wildman–Crippen MR) is 80.0 cm³/mol. The van der Waals surface area contributed by atoms with Crippen LogP contribution in [0.1, 0.15) is 24.7 Å². The van der Waals surface area contributed by atoms with Gasteiger partial charge in [-0.15, -0.1) is 0 Å². The Balaban J connectivity index is 1.72. The first-order chi connectivity index (χ1) is 9.72. The summed E-state index contributed by atoms with van der Waals surface area (Å²) in [7, 11) is 0. The quantitative estimate of drug-likeness (QED) is 0.929. The van der Waals surface area contributed by atoms with Crippen molar-refractivity contribution in [3.05, 3.63) is 34.6 Å². The molecule has 0 bridgehead atoms. The molecular weight excluding hydrogens is 320 g/mol. The van der Waals surface area contributed by atoms with Gasteiger partial charge in [0.25, 0.3) is 5.89 Å². The molecule has 106 valence electrons. The molecular formula is C14H17BrN4O. The maximum Gasteiger partial charge on any atom is 0.258 e. The van der Waals surface area contributed by atoms with E-state index in [4.69, 9.17) is 10.3 Å². The molecule has 1 aromatic carbocycles. The van der Waals surface area contributed by atoms with Crippen molar-refractivity contribution in [3.8, 4) is 11.5 Å². The summed E-state index contributed by atoms with van der Waals surface area (Å²) in [5.41, 5.74) is 7.06. The van der Waals surface area contributed by atoms with Crippen LogP contribution in [0.5, 0.6) is 0 Å². The van der Waals surface area contributed by atoms with Crippen LogP contribution in [0.3, 0.4) is 0 Å². The Labute approximate surface area is 126 Å². The highest BCUT2D eigenvalue weighted by Gasteiger charge is 2.20. The molecule has 1 unspecified atom stereocenters. The van der Waals surface area contributed by atoms with E-state index in [1.807, 2.05) is 24.3 Å². The largest absolute Gasteiger partial charge is 0.334 e. The highest BCUT2D eigenvalue weighted by atomic mass is 79.9. The van der Waals surface area contributed by atoms with Gasteiger partial charge in [0.05, 0.1) is 6.04 Å². The van der Waals surface area contributed by atoms with Crippen LogP contribution >= 0.6 is 15.9 Å². The van der Waals surface area contributed by atoms with Gasteiger partial charge in [-0.3, -0.25) is 0 Å². The molecule has 1 atom stereocenters. The summed E-state index contributed by atoms with van der Waals surface area (Å²) in [6, 6.07) is 7.59. The van der Waals surface area contributed by atoms with E-state index < -0.39 is 0 Å². The van der Waals surface area contributed by atoms with E-state index in [1.54, 1.807) is 0 Å². The Morgan fingerprint density at radius 1 is 1.35 bits per heavy atom. The summed E-state index contributed by atoms with van der Waals surface area (Å²) >= 11 is 3.43. The molecule has 0 saturated carbocycles. The normalized spacial score (nSPS) is 17.5. The maximum atomic E-state index is 6.16. The molecule has 0 radical (unpaired) electrons. The van der Waals surface area contributed by atoms with Crippen molar-refractivity contribution in [2.45, 2.75) is 18.9 Å². The van der Waals surface area contributed by atoms with Gasteiger partial charge in [-0.05, 0) is 44.1 Å². The molecule has 5 nitrogen and oxygen atoms in total. The highest BCUT2D eigenvalue weighted by molar-refractivity contribution is 9.10. The molecule has 2 aromatic rings. The zero-order valence-electron chi connectivity index (χ0n) is 11.1. The first kappa shape index (κ1) is 13.7. The van der Waals surface area contributed by atoms with Crippen LogP contribution in [0.4, 0.5) is 0 Å². The Hall–Kier alpha value is -1.24. The molecule has 1 aliphatic heterocycles. The SMILES string of the molecule is NC(CN1CCCC1)c1noc(-c2cccc(Br)c2)n1. The van der Waals surface area contributed by atoms with Crippen molar-refractivity contribution in [3.63, 3.8) is 0 Å². The van der Waals surface area contributed by atoms with Gasteiger partial charge in [-0.2, -0.15) is 4.98 Å². The minimum absolute atomic E-state index is 0.197. The van der Waals surface area contributed by atoms with Crippen molar-refractivity contribution in [1.29, 1.82) is 0 Å². The zero-order chi connectivity index (χ0) is 13.9. The predicted octanol–water partition coefficient (Wildman–Crippen LogP) is 2.59. The molecule has 1 saturated heterocycles. The molecule has 0 aliphatic carbocycles. The van der Waals surface area contributed by atoms with Gasteiger partial charge in [0.1, 0.15) is 0 Å². The van der Waals surface area contributed by atoms with Crippen molar-refractivity contribution >= 4 is 15.9 Å². The van der Waals surface area contributed by atoms with Crippen molar-refractivity contribution in [1.82, 2.24) is 15.0 Å². The maximum absolute atomic E-state index is 6.16. The van der Waals surface area contributed by atoms with Crippen LogP contribution in [-0.2, 0) is 0 Å². The minimum Gasteiger partial charge on any atom is -0.334 e. The van der Waals surface area contributed by atoms with E-state index in [2.05, 4.69) is 31.0 Å². The molecule has 20 heavy (non-hydrogen) atoms. The lowest BCUT2D eigenvalue weighted by molar-refractivity contribution is 0.306. The van der Waals surface area contributed by atoms with Crippen LogP contribution in [0.2, 0.25) is 0 Å². The van der Waals surface area contributed by atoms with Crippen LogP contribution < -0.4 is 5.73 Å². The lowest BCUT2D eigenvalue weighted by atomic mass is 10.2. The van der Waals surface area contributed by atoms with Crippen LogP contribution in [0.15, 0.2) is 33.3 Å². The fraction of sp³-hybridized carbons (Fsp3) is 0.429. The summed E-state index contributed by atoms with van der Waals surface area (Å²) in [4.78, 5) is 6.76. The number of hydrogen-bond acceptors (Lipinski definition) is 5. The van der Waals surface area contributed by atoms with Gasteiger partial charge in [0.15, 0.2) is 5.82 Å². The molecule has 1 aromatic heterocycles. The lowest BCUT2D eigenvalue weighted by Crippen LogP contribution is -2.30. The van der Waals surface area contributed by atoms with Gasteiger partial charge in [-0.1, -0.05) is 27.2 Å². The molecule has 1 fully saturated rings. The summed E-state index contributed by atoms with van der Waals surface area (Å²) in [6.07, 6.45) is 2.50. The summed E-state index contributed by atoms with van der Waals surface area (Å²) < 4.78 is 6.29. The topological polar surface area (TPSA) is 68.2 Å². The Bertz CT molecular complexity index is 580. The van der Waals surface area contributed by atoms with Gasteiger partial charge < -0.3 is 15.2 Å². The number of hydrogen-bond donors (Lipinski definition) is 1. The van der Waals surface area contributed by atoms with Crippen LogP contribution in [0.25, 0.3) is 11.5 Å². The third-order valence-electron chi connectivity index (χ3n) is 3.50. The second-order valence-electron chi connectivity index (χ2n) is 5.08. The van der Waals surface area contributed by atoms with Crippen LogP contribution in [-0.4, -0.2) is 34.7 Å². The highest BCUT2D eigenvalue weighted by Crippen LogP contribution is 2.22. The second kappa shape index (κ2) is 6.03. The summed E-state index contributed by atoms with van der Waals surface area (Å²) in [6.45, 7) is 3.02. The first-order valence-corrected chi connectivity index (χ1v) is 7.59. The smallest absolute Gasteiger partial charge is 0.258 e. The number of halogens is 1. The van der Waals surface area contributed by atoms with E-state index in [0.717, 1.165) is 29.7 Å². The van der Waals surface area contributed by atoms with Crippen molar-refractivity contribution < 1.29 is 4.52 Å². The van der Waals surface area contributed by atoms with Gasteiger partial charge in [0.2, 0.25) is 0 Å². The number of likely N-dealkylation sites (tertiary alicyclic amines) is 1. The number of benzene rings is 1. The van der Waals surface area contributed by atoms with Gasteiger partial charge in [-0.25, -0.2) is 0 Å². The van der Waals surface area contributed by atoms with Crippen LogP contribution in [0, 0.1) is 0 Å². The third-order valence-corrected chi connectivity index (χ3v) is 3.99. The number of aromatic nitrogens is 2. The Morgan fingerprint density at radius 2 is 2.15 bits per heavy atom. The molecule has 2 heterocycles. The number of nitrogens with zero attached hydrogens (tertiary/aromatic N) is 3. The first-order valence-electron chi connectivity index (χ1n) is 6.80. The molecule has 6 heteroatoms. The average Bonchev–Trinajstić information content (AvgIpc) is 3.09. The van der Waals surface area contributed by atoms with Crippen molar-refractivity contribution in [2.24, 2.45) is 5.73 Å². The Morgan fingerprint density at radius 3 is 2.90 bits per heavy atom. The molecule has 2 N–H and O–H groups in total. The third kappa shape index (κ3) is 3.08. The van der Waals surface area contributed by atoms with Crippen molar-refractivity contribution in [2.75, 3.05) is 19.6 Å². The summed E-state index contributed by atoms with van der Waals surface area (Å²) in [5, 5.41) is 4.01. The van der Waals surface area contributed by atoms with Gasteiger partial charge >= 0.3 is 0 Å². The fourth-order valence-electron chi connectivity index (χ4n) is 2.45. The molecule has 3 rings (SSSR count). The van der Waals surface area contributed by atoms with E-state index in [0.29, 0.717) is 11.7 Å². The van der Waals surface area contributed by atoms with E-state index in [9.17, 15) is 0 Å². The lowest BCUT2D eigenvalue weighted by Gasteiger charge is -2.17. The number of nitrogens with two attached hydrogens (primary N) is 1. The standard InChI is InChI=1S/C14H17BrN4O/c15-11-5-3-4-10(8-11)14-17-13(18-20-14)12(16)9-19-6-1-2-7-19/h3-5,8,12H,1-2,6-7,9,16H2. The monoisotopic (exact) mass is 336 g/mol. The summed E-state index contributed by atoms with van der Waals surface area (Å²) in [5.74, 6) is 1.09. The zero-order valence-corrected chi connectivity index (χ0v) is 12.7. The molecule has 1 aliphatic rings. The van der Waals surface area contributed by atoms with E-state index in [-0.39, 0.29) is 6.04 Å². The molecule has 0 amide bonds. The number of rotatable bonds is 4. The second-order valence-corrected chi connectivity index (χ2v) is 6.00. The van der Waals surface area contributed by atoms with Gasteiger partial charge in [0, 0.05) is 16.6 Å². The average molecular weight is 337 g/mol. The minimum atomic E-state index is -0.197. The fourth-order valence-corrected chi connectivity index (χ4v) is 2.85. The van der Waals surface area contributed by atoms with E-state index >= 15 is 0 Å². The molecule has 0 spiro atoms.